The van der Waals surface area contributed by atoms with Crippen molar-refractivity contribution in [2.24, 2.45) is 0 Å². The highest BCUT2D eigenvalue weighted by Crippen LogP contribution is 2.32. The van der Waals surface area contributed by atoms with E-state index in [9.17, 15) is 23.9 Å². The number of nitrogens with one attached hydrogen (secondary N) is 1. The number of likely N-dealkylation sites (tertiary alicyclic amines) is 1. The van der Waals surface area contributed by atoms with Gasteiger partial charge in [-0.25, -0.2) is 4.39 Å². The summed E-state index contributed by atoms with van der Waals surface area (Å²) in [7, 11) is 0. The summed E-state index contributed by atoms with van der Waals surface area (Å²) in [6, 6.07) is 3.93. The minimum Gasteiger partial charge on any atom is -0.373 e. The fourth-order valence-corrected chi connectivity index (χ4v) is 4.67. The number of ketones is 1. The molecule has 1 saturated carbocycles. The van der Waals surface area contributed by atoms with E-state index in [2.05, 4.69) is 5.32 Å². The molecule has 6 nitrogen and oxygen atoms in total. The van der Waals surface area contributed by atoms with Crippen molar-refractivity contribution in [2.45, 2.75) is 69.6 Å². The third-order valence-electron chi connectivity index (χ3n) is 5.85. The third kappa shape index (κ3) is 4.95. The van der Waals surface area contributed by atoms with Gasteiger partial charge in [-0.05, 0) is 55.9 Å². The number of hydrogen-bond acceptors (Lipinski definition) is 4. The highest BCUT2D eigenvalue weighted by atomic mass is 35.5. The van der Waals surface area contributed by atoms with Gasteiger partial charge in [0.1, 0.15) is 5.82 Å². The van der Waals surface area contributed by atoms with Crippen molar-refractivity contribution in [3.8, 4) is 0 Å². The van der Waals surface area contributed by atoms with Gasteiger partial charge in [0.05, 0.1) is 0 Å². The Morgan fingerprint density at radius 1 is 1.34 bits per heavy atom. The van der Waals surface area contributed by atoms with Gasteiger partial charge < -0.3 is 15.3 Å². The summed E-state index contributed by atoms with van der Waals surface area (Å²) in [5, 5.41) is 13.9. The molecule has 1 aromatic carbocycles. The number of nitrogens with zero attached hydrogens (tertiary/aromatic N) is 1. The van der Waals surface area contributed by atoms with Gasteiger partial charge in [0.2, 0.25) is 11.5 Å². The molecule has 1 aliphatic carbocycles. The number of amides is 2. The van der Waals surface area contributed by atoms with Gasteiger partial charge in [-0.2, -0.15) is 0 Å². The van der Waals surface area contributed by atoms with Crippen LogP contribution in [0.4, 0.5) is 4.39 Å². The van der Waals surface area contributed by atoms with Gasteiger partial charge in [-0.3, -0.25) is 14.4 Å². The van der Waals surface area contributed by atoms with Crippen LogP contribution in [-0.4, -0.2) is 51.8 Å². The SMILES string of the molecule is CC(=O)NC1CCCC(N2CCC(O)(C(=O)CCc3cc(F)cc(Cl)c3)C2=O)C1. The van der Waals surface area contributed by atoms with Crippen molar-refractivity contribution in [1.82, 2.24) is 10.2 Å². The summed E-state index contributed by atoms with van der Waals surface area (Å²) in [5.41, 5.74) is -1.49. The van der Waals surface area contributed by atoms with E-state index in [-0.39, 0.29) is 42.3 Å². The molecule has 0 bridgehead atoms. The smallest absolute Gasteiger partial charge is 0.262 e. The number of aliphatic hydroxyl groups is 1. The van der Waals surface area contributed by atoms with Crippen LogP contribution in [0.25, 0.3) is 0 Å². The molecule has 2 N–H and O–H groups in total. The lowest BCUT2D eigenvalue weighted by atomic mass is 9.89. The standard InChI is InChI=1S/C21H26ClFN2O4/c1-13(26)24-17-3-2-4-18(12-17)25-8-7-21(29,20(25)28)19(27)6-5-14-9-15(22)11-16(23)10-14/h9-11,17-18,29H,2-8,12H2,1H3,(H,24,26). The van der Waals surface area contributed by atoms with Gasteiger partial charge in [0, 0.05) is 43.4 Å². The molecule has 29 heavy (non-hydrogen) atoms. The van der Waals surface area contributed by atoms with Crippen molar-refractivity contribution in [3.63, 3.8) is 0 Å². The average molecular weight is 425 g/mol. The number of carbonyl (C=O) groups is 3. The van der Waals surface area contributed by atoms with Gasteiger partial charge in [-0.1, -0.05) is 11.6 Å². The van der Waals surface area contributed by atoms with Crippen LogP contribution in [0, 0.1) is 5.82 Å². The Kier molecular flexibility index (Phi) is 6.58. The predicted octanol–water partition coefficient (Wildman–Crippen LogP) is 2.39. The molecular weight excluding hydrogens is 399 g/mol. The summed E-state index contributed by atoms with van der Waals surface area (Å²) < 4.78 is 13.5. The minimum absolute atomic E-state index is 0.00108. The molecule has 3 rings (SSSR count). The zero-order valence-electron chi connectivity index (χ0n) is 16.4. The van der Waals surface area contributed by atoms with E-state index in [4.69, 9.17) is 11.6 Å². The van der Waals surface area contributed by atoms with Crippen LogP contribution in [0.3, 0.4) is 0 Å². The molecular formula is C21H26ClFN2O4. The first-order chi connectivity index (χ1) is 13.7. The maximum Gasteiger partial charge on any atom is 0.262 e. The summed E-state index contributed by atoms with van der Waals surface area (Å²) in [6.45, 7) is 1.78. The topological polar surface area (TPSA) is 86.7 Å². The lowest BCUT2D eigenvalue weighted by molar-refractivity contribution is -0.154. The first kappa shape index (κ1) is 21.7. The molecule has 0 aromatic heterocycles. The Morgan fingerprint density at radius 3 is 2.79 bits per heavy atom. The van der Waals surface area contributed by atoms with E-state index in [0.717, 1.165) is 19.3 Å². The maximum atomic E-state index is 13.5. The van der Waals surface area contributed by atoms with Crippen LogP contribution in [0.2, 0.25) is 5.02 Å². The highest BCUT2D eigenvalue weighted by molar-refractivity contribution is 6.30. The molecule has 8 heteroatoms. The summed E-state index contributed by atoms with van der Waals surface area (Å²) >= 11 is 5.83. The Labute approximate surface area is 174 Å². The van der Waals surface area contributed by atoms with E-state index in [1.165, 1.54) is 19.1 Å². The molecule has 1 saturated heterocycles. The largest absolute Gasteiger partial charge is 0.373 e. The van der Waals surface area contributed by atoms with Crippen molar-refractivity contribution < 1.29 is 23.9 Å². The Hall–Kier alpha value is -1.99. The second-order valence-corrected chi connectivity index (χ2v) is 8.46. The van der Waals surface area contributed by atoms with Crippen molar-refractivity contribution >= 4 is 29.2 Å². The Morgan fingerprint density at radius 2 is 2.10 bits per heavy atom. The zero-order chi connectivity index (χ0) is 21.2. The van der Waals surface area contributed by atoms with E-state index in [1.54, 1.807) is 11.0 Å². The number of carbonyl (C=O) groups excluding carboxylic acids is 3. The molecule has 1 aromatic rings. The molecule has 3 atom stereocenters. The van der Waals surface area contributed by atoms with E-state index in [1.807, 2.05) is 0 Å². The molecule has 2 amide bonds. The van der Waals surface area contributed by atoms with Crippen LogP contribution < -0.4 is 5.32 Å². The molecule has 0 radical (unpaired) electrons. The lowest BCUT2D eigenvalue weighted by Crippen LogP contribution is -2.51. The third-order valence-corrected chi connectivity index (χ3v) is 6.07. The number of halogens is 2. The normalized spacial score (nSPS) is 27.2. The molecule has 1 aliphatic heterocycles. The van der Waals surface area contributed by atoms with Crippen molar-refractivity contribution in [2.75, 3.05) is 6.54 Å². The fraction of sp³-hybridized carbons (Fsp3) is 0.571. The second-order valence-electron chi connectivity index (χ2n) is 8.03. The van der Waals surface area contributed by atoms with Crippen LogP contribution >= 0.6 is 11.6 Å². The number of aryl methyl sites for hydroxylation is 1. The van der Waals surface area contributed by atoms with Crippen LogP contribution in [0.5, 0.6) is 0 Å². The van der Waals surface area contributed by atoms with E-state index >= 15 is 0 Å². The Bertz CT molecular complexity index is 798. The van der Waals surface area contributed by atoms with Crippen LogP contribution in [0.15, 0.2) is 18.2 Å². The van der Waals surface area contributed by atoms with Gasteiger partial charge >= 0.3 is 0 Å². The summed E-state index contributed by atoms with van der Waals surface area (Å²) in [5.74, 6) is -1.71. The predicted molar refractivity (Wildman–Crippen MR) is 106 cm³/mol. The number of rotatable bonds is 6. The van der Waals surface area contributed by atoms with Crippen LogP contribution in [0.1, 0.15) is 51.0 Å². The molecule has 2 aliphatic rings. The molecule has 158 valence electrons. The zero-order valence-corrected chi connectivity index (χ0v) is 17.2. The van der Waals surface area contributed by atoms with Crippen molar-refractivity contribution in [1.29, 1.82) is 0 Å². The number of hydrogen-bond donors (Lipinski definition) is 2. The number of benzene rings is 1. The van der Waals surface area contributed by atoms with E-state index < -0.39 is 23.1 Å². The fourth-order valence-electron chi connectivity index (χ4n) is 4.42. The van der Waals surface area contributed by atoms with Crippen LogP contribution in [-0.2, 0) is 20.8 Å². The molecule has 1 heterocycles. The van der Waals surface area contributed by atoms with Gasteiger partial charge in [-0.15, -0.1) is 0 Å². The lowest BCUT2D eigenvalue weighted by Gasteiger charge is -2.36. The van der Waals surface area contributed by atoms with Gasteiger partial charge in [0.25, 0.3) is 5.91 Å². The quantitative estimate of drug-likeness (QED) is 0.686. The number of Topliss-reactive ketones (excluding diaryl/α,β-unsaturated/α-hetero) is 1. The monoisotopic (exact) mass is 424 g/mol. The Balaban J connectivity index is 1.62. The maximum absolute atomic E-state index is 13.5. The average Bonchev–Trinajstić information content (AvgIpc) is 2.95. The van der Waals surface area contributed by atoms with Crippen molar-refractivity contribution in [3.05, 3.63) is 34.6 Å². The summed E-state index contributed by atoms with van der Waals surface area (Å²) in [6.07, 6.45) is 3.31. The second kappa shape index (κ2) is 8.79. The first-order valence-corrected chi connectivity index (χ1v) is 10.4. The first-order valence-electron chi connectivity index (χ1n) is 9.98. The highest BCUT2D eigenvalue weighted by Gasteiger charge is 2.52. The molecule has 0 spiro atoms. The molecule has 2 fully saturated rings. The minimum atomic E-state index is -2.03. The van der Waals surface area contributed by atoms with Gasteiger partial charge in [0.15, 0.2) is 5.78 Å². The molecule has 3 unspecified atom stereocenters. The van der Waals surface area contributed by atoms with E-state index in [0.29, 0.717) is 18.5 Å². The summed E-state index contributed by atoms with van der Waals surface area (Å²) in [4.78, 5) is 38.5.